The normalized spacial score (nSPS) is 11.0. The van der Waals surface area contributed by atoms with E-state index >= 15 is 0 Å². The van der Waals surface area contributed by atoms with Crippen molar-refractivity contribution in [3.63, 3.8) is 0 Å². The summed E-state index contributed by atoms with van der Waals surface area (Å²) in [5, 5.41) is 2.87. The summed E-state index contributed by atoms with van der Waals surface area (Å²) in [5.41, 5.74) is 3.32. The number of rotatable bonds is 11. The summed E-state index contributed by atoms with van der Waals surface area (Å²) < 4.78 is 13.0. The number of hydrogen-bond acceptors (Lipinski definition) is 4. The van der Waals surface area contributed by atoms with E-state index in [4.69, 9.17) is 14.5 Å². The highest BCUT2D eigenvalue weighted by atomic mass is 16.5. The van der Waals surface area contributed by atoms with Gasteiger partial charge in [-0.05, 0) is 49.6 Å². The Morgan fingerprint density at radius 2 is 2.00 bits per heavy atom. The van der Waals surface area contributed by atoms with E-state index in [2.05, 4.69) is 35.0 Å². The minimum Gasteiger partial charge on any atom is -0.494 e. The van der Waals surface area contributed by atoms with Crippen molar-refractivity contribution in [2.24, 2.45) is 0 Å². The van der Waals surface area contributed by atoms with Gasteiger partial charge in [-0.1, -0.05) is 24.3 Å². The molecule has 1 aromatic heterocycles. The number of hydrogen-bond donors (Lipinski definition) is 1. The number of ether oxygens (including phenoxy) is 2. The summed E-state index contributed by atoms with van der Waals surface area (Å²) in [6, 6.07) is 16.3. The maximum Gasteiger partial charge on any atom is 0.245 e. The molecule has 0 spiro atoms. The van der Waals surface area contributed by atoms with E-state index in [0.717, 1.165) is 42.0 Å². The molecule has 0 aliphatic rings. The van der Waals surface area contributed by atoms with Crippen molar-refractivity contribution >= 4 is 16.9 Å². The molecule has 0 fully saturated rings. The van der Waals surface area contributed by atoms with Crippen LogP contribution in [0.5, 0.6) is 5.75 Å². The molecule has 0 unspecified atom stereocenters. The number of para-hydroxylation sites is 2. The molecule has 1 heterocycles. The quantitative estimate of drug-likeness (QED) is 0.505. The van der Waals surface area contributed by atoms with Crippen molar-refractivity contribution in [1.29, 1.82) is 0 Å². The molecule has 0 bridgehead atoms. The maximum atomic E-state index is 11.6. The van der Waals surface area contributed by atoms with Crippen molar-refractivity contribution in [2.75, 3.05) is 26.9 Å². The largest absolute Gasteiger partial charge is 0.494 e. The number of nitrogens with zero attached hydrogens (tertiary/aromatic N) is 2. The van der Waals surface area contributed by atoms with Crippen LogP contribution in [0.25, 0.3) is 11.0 Å². The van der Waals surface area contributed by atoms with Crippen LogP contribution in [0.2, 0.25) is 0 Å². The number of aryl methyl sites for hydroxylation is 2. The number of benzene rings is 2. The third-order valence-corrected chi connectivity index (χ3v) is 4.71. The highest BCUT2D eigenvalue weighted by Gasteiger charge is 2.10. The van der Waals surface area contributed by atoms with Gasteiger partial charge in [-0.25, -0.2) is 4.98 Å². The minimum atomic E-state index is -0.108. The predicted octanol–water partition coefficient (Wildman–Crippen LogP) is 3.51. The van der Waals surface area contributed by atoms with Crippen molar-refractivity contribution < 1.29 is 14.3 Å². The van der Waals surface area contributed by atoms with Crippen LogP contribution in [0.15, 0.2) is 48.5 Å². The van der Waals surface area contributed by atoms with E-state index < -0.39 is 0 Å². The molecule has 1 amide bonds. The third-order valence-electron chi connectivity index (χ3n) is 4.71. The molecule has 0 saturated heterocycles. The van der Waals surface area contributed by atoms with Crippen molar-refractivity contribution in [3.8, 4) is 5.75 Å². The van der Waals surface area contributed by atoms with Gasteiger partial charge in [0.15, 0.2) is 0 Å². The van der Waals surface area contributed by atoms with Gasteiger partial charge in [-0.15, -0.1) is 0 Å². The second kappa shape index (κ2) is 10.6. The Morgan fingerprint density at radius 1 is 1.14 bits per heavy atom. The Hall–Kier alpha value is -2.86. The van der Waals surface area contributed by atoms with Gasteiger partial charge in [0.1, 0.15) is 18.2 Å². The Morgan fingerprint density at radius 3 is 2.83 bits per heavy atom. The average molecular weight is 396 g/mol. The van der Waals surface area contributed by atoms with Crippen LogP contribution in [-0.4, -0.2) is 42.3 Å². The van der Waals surface area contributed by atoms with E-state index in [1.54, 1.807) is 0 Å². The number of unbranched alkanes of at least 4 members (excludes halogenated alkanes) is 1. The van der Waals surface area contributed by atoms with Gasteiger partial charge >= 0.3 is 0 Å². The van der Waals surface area contributed by atoms with Crippen LogP contribution in [0.3, 0.4) is 0 Å². The SMILES string of the molecule is COCC(=O)NCCc1nc2ccccc2n1CCCCOc1cccc(C)c1. The monoisotopic (exact) mass is 395 g/mol. The van der Waals surface area contributed by atoms with Gasteiger partial charge in [0.05, 0.1) is 17.6 Å². The number of fused-ring (bicyclic) bond motifs is 1. The van der Waals surface area contributed by atoms with Crippen LogP contribution < -0.4 is 10.1 Å². The van der Waals surface area contributed by atoms with E-state index in [0.29, 0.717) is 19.6 Å². The number of imidazole rings is 1. The number of amides is 1. The first-order valence-corrected chi connectivity index (χ1v) is 10.1. The van der Waals surface area contributed by atoms with Gasteiger partial charge in [0.2, 0.25) is 5.91 Å². The Balaban J connectivity index is 1.55. The fraction of sp³-hybridized carbons (Fsp3) is 0.391. The Labute approximate surface area is 171 Å². The topological polar surface area (TPSA) is 65.4 Å². The first kappa shape index (κ1) is 20.9. The fourth-order valence-electron chi connectivity index (χ4n) is 3.33. The summed E-state index contributed by atoms with van der Waals surface area (Å²) in [6.45, 7) is 4.26. The van der Waals surface area contributed by atoms with Gasteiger partial charge in [0.25, 0.3) is 0 Å². The van der Waals surface area contributed by atoms with Crippen LogP contribution in [0.1, 0.15) is 24.2 Å². The van der Waals surface area contributed by atoms with Gasteiger partial charge < -0.3 is 19.4 Å². The van der Waals surface area contributed by atoms with E-state index in [-0.39, 0.29) is 12.5 Å². The second-order valence-electron chi connectivity index (χ2n) is 7.07. The zero-order valence-electron chi connectivity index (χ0n) is 17.2. The van der Waals surface area contributed by atoms with E-state index in [1.165, 1.54) is 12.7 Å². The van der Waals surface area contributed by atoms with Crippen molar-refractivity contribution in [1.82, 2.24) is 14.9 Å². The standard InChI is InChI=1S/C23H29N3O3/c1-18-8-7-9-19(16-18)29-15-6-5-14-26-21-11-4-3-10-20(21)25-22(26)12-13-24-23(27)17-28-2/h3-4,7-11,16H,5-6,12-15,17H2,1-2H3,(H,24,27). The molecule has 0 aliphatic carbocycles. The number of carbonyl (C=O) groups is 1. The number of aromatic nitrogens is 2. The highest BCUT2D eigenvalue weighted by molar-refractivity contribution is 5.77. The predicted molar refractivity (Wildman–Crippen MR) is 114 cm³/mol. The lowest BCUT2D eigenvalue weighted by molar-refractivity contribution is -0.124. The molecule has 6 nitrogen and oxygen atoms in total. The average Bonchev–Trinajstić information content (AvgIpc) is 3.05. The van der Waals surface area contributed by atoms with E-state index in [1.807, 2.05) is 30.3 Å². The van der Waals surface area contributed by atoms with Gasteiger partial charge in [0, 0.05) is 26.6 Å². The zero-order valence-corrected chi connectivity index (χ0v) is 17.2. The zero-order chi connectivity index (χ0) is 20.5. The van der Waals surface area contributed by atoms with E-state index in [9.17, 15) is 4.79 Å². The summed E-state index contributed by atoms with van der Waals surface area (Å²) in [4.78, 5) is 16.4. The van der Waals surface area contributed by atoms with Crippen LogP contribution in [0.4, 0.5) is 0 Å². The fourth-order valence-corrected chi connectivity index (χ4v) is 3.33. The molecular weight excluding hydrogens is 366 g/mol. The second-order valence-corrected chi connectivity index (χ2v) is 7.07. The summed E-state index contributed by atoms with van der Waals surface area (Å²) in [5.74, 6) is 1.80. The molecule has 29 heavy (non-hydrogen) atoms. The number of methoxy groups -OCH3 is 1. The summed E-state index contributed by atoms with van der Waals surface area (Å²) in [6.07, 6.45) is 2.64. The first-order chi connectivity index (χ1) is 14.2. The Kier molecular flexibility index (Phi) is 7.64. The van der Waals surface area contributed by atoms with Crippen molar-refractivity contribution in [3.05, 3.63) is 59.9 Å². The molecule has 154 valence electrons. The smallest absolute Gasteiger partial charge is 0.245 e. The number of nitrogens with one attached hydrogen (secondary N) is 1. The lowest BCUT2D eigenvalue weighted by Gasteiger charge is -2.11. The molecule has 0 saturated carbocycles. The lowest BCUT2D eigenvalue weighted by Crippen LogP contribution is -2.29. The molecule has 3 rings (SSSR count). The number of carbonyl (C=O) groups excluding carboxylic acids is 1. The first-order valence-electron chi connectivity index (χ1n) is 10.1. The van der Waals surface area contributed by atoms with Crippen LogP contribution >= 0.6 is 0 Å². The minimum absolute atomic E-state index is 0.0807. The molecule has 2 aromatic carbocycles. The molecule has 0 atom stereocenters. The molecule has 1 N–H and O–H groups in total. The lowest BCUT2D eigenvalue weighted by atomic mass is 10.2. The van der Waals surface area contributed by atoms with Crippen LogP contribution in [0, 0.1) is 6.92 Å². The summed E-state index contributed by atoms with van der Waals surface area (Å²) in [7, 11) is 1.52. The molecule has 6 heteroatoms. The van der Waals surface area contributed by atoms with Crippen molar-refractivity contribution in [2.45, 2.75) is 32.7 Å². The third kappa shape index (κ3) is 6.06. The maximum absolute atomic E-state index is 11.6. The molecular formula is C23H29N3O3. The van der Waals surface area contributed by atoms with Crippen LogP contribution in [-0.2, 0) is 22.5 Å². The van der Waals surface area contributed by atoms with Gasteiger partial charge in [-0.3, -0.25) is 4.79 Å². The molecule has 0 radical (unpaired) electrons. The summed E-state index contributed by atoms with van der Waals surface area (Å²) >= 11 is 0. The highest BCUT2D eigenvalue weighted by Crippen LogP contribution is 2.18. The van der Waals surface area contributed by atoms with Gasteiger partial charge in [-0.2, -0.15) is 0 Å². The molecule has 3 aromatic rings. The molecule has 0 aliphatic heterocycles. The Bertz CT molecular complexity index is 936.